The molecule has 0 spiro atoms. The maximum absolute atomic E-state index is 9.43. The van der Waals surface area contributed by atoms with Crippen LogP contribution in [0.2, 0.25) is 0 Å². The molecule has 0 fully saturated rings. The van der Waals surface area contributed by atoms with Gasteiger partial charge in [-0.1, -0.05) is 0 Å². The number of methoxy groups -OCH3 is 1. The van der Waals surface area contributed by atoms with Crippen molar-refractivity contribution in [3.8, 4) is 0 Å². The van der Waals surface area contributed by atoms with Crippen molar-refractivity contribution in [3.05, 3.63) is 0 Å². The fourth-order valence-electron chi connectivity index (χ4n) is 1.19. The van der Waals surface area contributed by atoms with Gasteiger partial charge >= 0.3 is 0 Å². The fourth-order valence-corrected chi connectivity index (χ4v) is 1.19. The van der Waals surface area contributed by atoms with Gasteiger partial charge in [-0.25, -0.2) is 0 Å². The molecule has 0 heterocycles. The monoisotopic (exact) mass is 268 g/mol. The molecule has 0 saturated carbocycles. The van der Waals surface area contributed by atoms with E-state index >= 15 is 0 Å². The summed E-state index contributed by atoms with van der Waals surface area (Å²) in [5, 5.41) is 26.6. The molecule has 3 N–H and O–H groups in total. The highest BCUT2D eigenvalue weighted by molar-refractivity contribution is 4.59. The first kappa shape index (κ1) is 17.7. The number of hydrogen-bond acceptors (Lipinski definition) is 7. The van der Waals surface area contributed by atoms with Crippen molar-refractivity contribution < 1.29 is 34.3 Å². The standard InChI is InChI=1S/C11H24O7/c1-15-6-10(14)7-18-11(8-16-4-2-12)9-17-5-3-13/h10-14H,2-9H2,1H3. The Kier molecular flexibility index (Phi) is 13.0. The van der Waals surface area contributed by atoms with Gasteiger partial charge < -0.3 is 34.3 Å². The SMILES string of the molecule is COCC(O)COC(COCCO)COCCO. The average molecular weight is 268 g/mol. The Hall–Kier alpha value is -0.280. The van der Waals surface area contributed by atoms with Crippen LogP contribution in [0.5, 0.6) is 0 Å². The number of rotatable bonds is 13. The summed E-state index contributed by atoms with van der Waals surface area (Å²) < 4.78 is 20.5. The molecule has 7 heteroatoms. The Balaban J connectivity index is 3.79. The van der Waals surface area contributed by atoms with Crippen molar-refractivity contribution in [2.24, 2.45) is 0 Å². The van der Waals surface area contributed by atoms with E-state index in [0.29, 0.717) is 0 Å². The summed E-state index contributed by atoms with van der Waals surface area (Å²) in [5.74, 6) is 0. The Morgan fingerprint density at radius 2 is 1.44 bits per heavy atom. The second-order valence-electron chi connectivity index (χ2n) is 3.66. The van der Waals surface area contributed by atoms with Crippen molar-refractivity contribution in [1.29, 1.82) is 0 Å². The third-order valence-electron chi connectivity index (χ3n) is 1.96. The molecular weight excluding hydrogens is 244 g/mol. The summed E-state index contributed by atoms with van der Waals surface area (Å²) in [7, 11) is 1.50. The number of ether oxygens (including phenoxy) is 4. The zero-order valence-corrected chi connectivity index (χ0v) is 10.8. The van der Waals surface area contributed by atoms with Crippen LogP contribution in [0.4, 0.5) is 0 Å². The molecule has 1 unspecified atom stereocenters. The summed E-state index contributed by atoms with van der Waals surface area (Å²) >= 11 is 0. The molecule has 0 radical (unpaired) electrons. The zero-order chi connectivity index (χ0) is 13.6. The Labute approximate surface area is 107 Å². The van der Waals surface area contributed by atoms with E-state index in [9.17, 15) is 5.11 Å². The van der Waals surface area contributed by atoms with Gasteiger partial charge in [0.05, 0.1) is 52.9 Å². The van der Waals surface area contributed by atoms with E-state index in [1.807, 2.05) is 0 Å². The highest BCUT2D eigenvalue weighted by Crippen LogP contribution is 1.98. The lowest BCUT2D eigenvalue weighted by Crippen LogP contribution is -2.31. The lowest BCUT2D eigenvalue weighted by Gasteiger charge is -2.19. The molecule has 7 nitrogen and oxygen atoms in total. The third-order valence-corrected chi connectivity index (χ3v) is 1.96. The highest BCUT2D eigenvalue weighted by Gasteiger charge is 2.13. The zero-order valence-electron chi connectivity index (χ0n) is 10.8. The fraction of sp³-hybridized carbons (Fsp3) is 1.00. The highest BCUT2D eigenvalue weighted by atomic mass is 16.6. The number of hydrogen-bond donors (Lipinski definition) is 3. The molecule has 0 aromatic rings. The van der Waals surface area contributed by atoms with Crippen LogP contribution < -0.4 is 0 Å². The van der Waals surface area contributed by atoms with Crippen LogP contribution in [-0.4, -0.2) is 87.5 Å². The Morgan fingerprint density at radius 3 is 1.89 bits per heavy atom. The topological polar surface area (TPSA) is 97.6 Å². The largest absolute Gasteiger partial charge is 0.394 e. The summed E-state index contributed by atoms with van der Waals surface area (Å²) in [4.78, 5) is 0. The number of aliphatic hydroxyl groups is 3. The number of aliphatic hydroxyl groups excluding tert-OH is 3. The van der Waals surface area contributed by atoms with E-state index in [4.69, 9.17) is 29.2 Å². The van der Waals surface area contributed by atoms with Crippen molar-refractivity contribution in [1.82, 2.24) is 0 Å². The summed E-state index contributed by atoms with van der Waals surface area (Å²) in [5.41, 5.74) is 0. The van der Waals surface area contributed by atoms with E-state index in [2.05, 4.69) is 0 Å². The molecule has 0 aliphatic rings. The molecule has 0 aromatic carbocycles. The molecule has 0 saturated heterocycles. The molecule has 0 aliphatic heterocycles. The van der Waals surface area contributed by atoms with Gasteiger partial charge in [0.1, 0.15) is 12.2 Å². The van der Waals surface area contributed by atoms with Crippen LogP contribution in [0.25, 0.3) is 0 Å². The maximum atomic E-state index is 9.43. The molecule has 0 aliphatic carbocycles. The van der Waals surface area contributed by atoms with Gasteiger partial charge in [-0.15, -0.1) is 0 Å². The average Bonchev–Trinajstić information content (AvgIpc) is 2.36. The summed E-state index contributed by atoms with van der Waals surface area (Å²) in [6.07, 6.45) is -1.05. The lowest BCUT2D eigenvalue weighted by atomic mass is 10.3. The van der Waals surface area contributed by atoms with E-state index in [-0.39, 0.29) is 59.0 Å². The van der Waals surface area contributed by atoms with Crippen LogP contribution in [0, 0.1) is 0 Å². The minimum absolute atomic E-state index is 0.0590. The van der Waals surface area contributed by atoms with Crippen molar-refractivity contribution in [3.63, 3.8) is 0 Å². The summed E-state index contributed by atoms with van der Waals surface area (Å²) in [6.45, 7) is 1.15. The molecule has 110 valence electrons. The Morgan fingerprint density at radius 1 is 0.889 bits per heavy atom. The van der Waals surface area contributed by atoms with Crippen LogP contribution in [0.15, 0.2) is 0 Å². The van der Waals surface area contributed by atoms with Crippen molar-refractivity contribution in [2.75, 3.05) is 60.0 Å². The second kappa shape index (κ2) is 13.2. The van der Waals surface area contributed by atoms with E-state index in [0.717, 1.165) is 0 Å². The van der Waals surface area contributed by atoms with Crippen LogP contribution in [0.1, 0.15) is 0 Å². The Bertz CT molecular complexity index is 157. The quantitative estimate of drug-likeness (QED) is 0.346. The lowest BCUT2D eigenvalue weighted by molar-refractivity contribution is -0.0941. The first-order valence-electron chi connectivity index (χ1n) is 5.90. The van der Waals surface area contributed by atoms with Crippen molar-refractivity contribution in [2.45, 2.75) is 12.2 Å². The second-order valence-corrected chi connectivity index (χ2v) is 3.66. The van der Waals surface area contributed by atoms with E-state index in [1.165, 1.54) is 7.11 Å². The maximum Gasteiger partial charge on any atom is 0.104 e. The molecule has 0 amide bonds. The molecule has 18 heavy (non-hydrogen) atoms. The molecule has 0 aromatic heterocycles. The van der Waals surface area contributed by atoms with E-state index < -0.39 is 6.10 Å². The third kappa shape index (κ3) is 10.8. The van der Waals surface area contributed by atoms with Crippen molar-refractivity contribution >= 4 is 0 Å². The van der Waals surface area contributed by atoms with Crippen LogP contribution >= 0.6 is 0 Å². The van der Waals surface area contributed by atoms with E-state index in [1.54, 1.807) is 0 Å². The first-order chi connectivity index (χ1) is 8.74. The predicted molar refractivity (Wildman–Crippen MR) is 63.4 cm³/mol. The van der Waals surface area contributed by atoms with Crippen LogP contribution in [-0.2, 0) is 18.9 Å². The van der Waals surface area contributed by atoms with Gasteiger partial charge in [-0.05, 0) is 0 Å². The minimum atomic E-state index is -0.701. The predicted octanol–water partition coefficient (Wildman–Crippen LogP) is -1.60. The molecule has 0 bridgehead atoms. The van der Waals surface area contributed by atoms with Gasteiger partial charge in [0, 0.05) is 7.11 Å². The normalized spacial score (nSPS) is 13.2. The van der Waals surface area contributed by atoms with Gasteiger partial charge in [0.2, 0.25) is 0 Å². The summed E-state index contributed by atoms with van der Waals surface area (Å²) in [6, 6.07) is 0. The molecule has 0 rings (SSSR count). The smallest absolute Gasteiger partial charge is 0.104 e. The van der Waals surface area contributed by atoms with Gasteiger partial charge in [-0.2, -0.15) is 0 Å². The van der Waals surface area contributed by atoms with Gasteiger partial charge in [-0.3, -0.25) is 0 Å². The van der Waals surface area contributed by atoms with Gasteiger partial charge in [0.15, 0.2) is 0 Å². The van der Waals surface area contributed by atoms with Crippen LogP contribution in [0.3, 0.4) is 0 Å². The molecule has 1 atom stereocenters. The van der Waals surface area contributed by atoms with Gasteiger partial charge in [0.25, 0.3) is 0 Å². The molecular formula is C11H24O7. The minimum Gasteiger partial charge on any atom is -0.394 e. The first-order valence-corrected chi connectivity index (χ1v) is 5.90.